The van der Waals surface area contributed by atoms with Crippen LogP contribution in [0, 0.1) is 0 Å². The summed E-state index contributed by atoms with van der Waals surface area (Å²) in [7, 11) is -3.81. The van der Waals surface area contributed by atoms with Gasteiger partial charge in [-0.3, -0.25) is 4.55 Å². The molecule has 0 rings (SSSR count). The quantitative estimate of drug-likeness (QED) is 0.340. The lowest BCUT2D eigenvalue weighted by molar-refractivity contribution is 0.480. The molecule has 0 fully saturated rings. The van der Waals surface area contributed by atoms with E-state index in [-0.39, 0.29) is 12.3 Å². The van der Waals surface area contributed by atoms with Crippen molar-refractivity contribution >= 4 is 10.1 Å². The third kappa shape index (κ3) is 7.83. The van der Waals surface area contributed by atoms with Gasteiger partial charge in [-0.25, -0.2) is 0 Å². The summed E-state index contributed by atoms with van der Waals surface area (Å²) in [4.78, 5) is 0. The first-order valence-corrected chi connectivity index (χ1v) is 4.53. The largest absolute Gasteiger partial charge is 0.329 e. The fourth-order valence-electron chi connectivity index (χ4n) is 0.428. The highest BCUT2D eigenvalue weighted by atomic mass is 32.2. The predicted molar refractivity (Wildman–Crippen MR) is 38.3 cm³/mol. The molecule has 0 saturated carbocycles. The van der Waals surface area contributed by atoms with Crippen molar-refractivity contribution in [3.05, 3.63) is 0 Å². The number of hydrogen-bond donors (Lipinski definition) is 3. The highest BCUT2D eigenvalue weighted by Gasteiger charge is 2.01. The van der Waals surface area contributed by atoms with E-state index in [1.165, 1.54) is 0 Å². The molecule has 6 heteroatoms. The van der Waals surface area contributed by atoms with E-state index in [0.29, 0.717) is 13.1 Å². The SMILES string of the molecule is NCCNCCS(=O)(=O)O. The maximum atomic E-state index is 10.1. The van der Waals surface area contributed by atoms with Crippen LogP contribution in [0.3, 0.4) is 0 Å². The van der Waals surface area contributed by atoms with Crippen LogP contribution < -0.4 is 11.1 Å². The normalized spacial score (nSPS) is 11.8. The van der Waals surface area contributed by atoms with E-state index < -0.39 is 10.1 Å². The third-order valence-electron chi connectivity index (χ3n) is 0.858. The molecule has 0 aliphatic heterocycles. The van der Waals surface area contributed by atoms with E-state index >= 15 is 0 Å². The lowest BCUT2D eigenvalue weighted by Crippen LogP contribution is -2.27. The van der Waals surface area contributed by atoms with Crippen molar-refractivity contribution in [1.29, 1.82) is 0 Å². The molecule has 0 atom stereocenters. The summed E-state index contributed by atoms with van der Waals surface area (Å²) >= 11 is 0. The van der Waals surface area contributed by atoms with Gasteiger partial charge in [0.2, 0.25) is 0 Å². The smallest absolute Gasteiger partial charge is 0.266 e. The van der Waals surface area contributed by atoms with Gasteiger partial charge in [0.25, 0.3) is 10.1 Å². The zero-order valence-electron chi connectivity index (χ0n) is 5.58. The third-order valence-corrected chi connectivity index (χ3v) is 1.58. The number of rotatable bonds is 5. The van der Waals surface area contributed by atoms with Crippen molar-refractivity contribution in [2.75, 3.05) is 25.4 Å². The lowest BCUT2D eigenvalue weighted by atomic mass is 10.6. The first kappa shape index (κ1) is 9.83. The molecule has 0 heterocycles. The molecular weight excluding hydrogens is 156 g/mol. The molecule has 0 unspecified atom stereocenters. The maximum Gasteiger partial charge on any atom is 0.266 e. The summed E-state index contributed by atoms with van der Waals surface area (Å²) in [5, 5.41) is 2.73. The average Bonchev–Trinajstić information content (AvgIpc) is 1.78. The minimum absolute atomic E-state index is 0.246. The van der Waals surface area contributed by atoms with Gasteiger partial charge >= 0.3 is 0 Å². The molecule has 4 N–H and O–H groups in total. The maximum absolute atomic E-state index is 10.1. The Morgan fingerprint density at radius 1 is 1.40 bits per heavy atom. The highest BCUT2D eigenvalue weighted by molar-refractivity contribution is 7.85. The fraction of sp³-hybridized carbons (Fsp3) is 1.00. The molecular formula is C4H12N2O3S. The highest BCUT2D eigenvalue weighted by Crippen LogP contribution is 1.77. The van der Waals surface area contributed by atoms with Gasteiger partial charge in [0.15, 0.2) is 0 Å². The monoisotopic (exact) mass is 168 g/mol. The second-order valence-corrected chi connectivity index (χ2v) is 3.40. The zero-order valence-corrected chi connectivity index (χ0v) is 6.39. The predicted octanol–water partition coefficient (Wildman–Crippen LogP) is -1.58. The number of nitrogens with one attached hydrogen (secondary N) is 1. The molecule has 0 bridgehead atoms. The molecule has 0 aliphatic carbocycles. The fourth-order valence-corrected chi connectivity index (χ4v) is 0.830. The minimum atomic E-state index is -3.81. The van der Waals surface area contributed by atoms with Crippen LogP contribution >= 0.6 is 0 Å². The van der Waals surface area contributed by atoms with Gasteiger partial charge in [-0.05, 0) is 0 Å². The summed E-state index contributed by atoms with van der Waals surface area (Å²) in [5.41, 5.74) is 5.10. The van der Waals surface area contributed by atoms with Gasteiger partial charge in [-0.15, -0.1) is 0 Å². The average molecular weight is 168 g/mol. The molecule has 0 aromatic heterocycles. The van der Waals surface area contributed by atoms with Crippen LogP contribution in [0.1, 0.15) is 0 Å². The summed E-state index contributed by atoms with van der Waals surface area (Å²) in [6.07, 6.45) is 0. The second-order valence-electron chi connectivity index (χ2n) is 1.82. The Hall–Kier alpha value is -0.170. The van der Waals surface area contributed by atoms with Gasteiger partial charge in [0.1, 0.15) is 0 Å². The summed E-state index contributed by atoms with van der Waals surface area (Å²) in [6.45, 7) is 1.27. The van der Waals surface area contributed by atoms with Crippen LogP contribution in [-0.4, -0.2) is 38.4 Å². The summed E-state index contributed by atoms with van der Waals surface area (Å²) in [6, 6.07) is 0. The van der Waals surface area contributed by atoms with Crippen LogP contribution in [0.5, 0.6) is 0 Å². The molecule has 0 amide bonds. The first-order valence-electron chi connectivity index (χ1n) is 2.92. The molecule has 0 aromatic rings. The Morgan fingerprint density at radius 2 is 2.00 bits per heavy atom. The van der Waals surface area contributed by atoms with E-state index in [0.717, 1.165) is 0 Å². The first-order chi connectivity index (χ1) is 4.56. The van der Waals surface area contributed by atoms with Crippen molar-refractivity contribution in [2.24, 2.45) is 5.73 Å². The molecule has 5 nitrogen and oxygen atoms in total. The molecule has 0 spiro atoms. The van der Waals surface area contributed by atoms with Gasteiger partial charge in [0, 0.05) is 19.6 Å². The molecule has 0 aliphatic rings. The Kier molecular flexibility index (Phi) is 4.54. The summed E-state index contributed by atoms with van der Waals surface area (Å²) in [5.74, 6) is -0.257. The molecule has 10 heavy (non-hydrogen) atoms. The van der Waals surface area contributed by atoms with Gasteiger partial charge in [0.05, 0.1) is 5.75 Å². The molecule has 0 radical (unpaired) electrons. The Bertz CT molecular complexity index is 165. The van der Waals surface area contributed by atoms with Crippen LogP contribution in [0.4, 0.5) is 0 Å². The van der Waals surface area contributed by atoms with Crippen molar-refractivity contribution in [3.8, 4) is 0 Å². The Balaban J connectivity index is 3.21. The molecule has 0 saturated heterocycles. The van der Waals surface area contributed by atoms with Gasteiger partial charge in [-0.2, -0.15) is 8.42 Å². The van der Waals surface area contributed by atoms with Crippen LogP contribution in [0.2, 0.25) is 0 Å². The van der Waals surface area contributed by atoms with Crippen molar-refractivity contribution in [2.45, 2.75) is 0 Å². The lowest BCUT2D eigenvalue weighted by Gasteiger charge is -1.98. The standard InChI is InChI=1S/C4H12N2O3S/c5-1-2-6-3-4-10(7,8)9/h6H,1-5H2,(H,7,8,9). The Labute approximate surface area is 60.4 Å². The van der Waals surface area contributed by atoms with Crippen LogP contribution in [-0.2, 0) is 10.1 Å². The van der Waals surface area contributed by atoms with Crippen molar-refractivity contribution in [3.63, 3.8) is 0 Å². The van der Waals surface area contributed by atoms with Gasteiger partial charge < -0.3 is 11.1 Å². The summed E-state index contributed by atoms with van der Waals surface area (Å²) < 4.78 is 28.4. The minimum Gasteiger partial charge on any atom is -0.329 e. The van der Waals surface area contributed by atoms with E-state index in [1.54, 1.807) is 0 Å². The van der Waals surface area contributed by atoms with E-state index in [1.807, 2.05) is 0 Å². The topological polar surface area (TPSA) is 92.4 Å². The second kappa shape index (κ2) is 4.62. The zero-order chi connectivity index (χ0) is 8.04. The Morgan fingerprint density at radius 3 is 2.40 bits per heavy atom. The van der Waals surface area contributed by atoms with E-state index in [4.69, 9.17) is 10.3 Å². The van der Waals surface area contributed by atoms with Gasteiger partial charge in [-0.1, -0.05) is 0 Å². The molecule has 62 valence electrons. The number of hydrogen-bond acceptors (Lipinski definition) is 4. The molecule has 0 aromatic carbocycles. The van der Waals surface area contributed by atoms with Crippen LogP contribution in [0.25, 0.3) is 0 Å². The van der Waals surface area contributed by atoms with E-state index in [9.17, 15) is 8.42 Å². The van der Waals surface area contributed by atoms with Crippen molar-refractivity contribution in [1.82, 2.24) is 5.32 Å². The number of nitrogens with two attached hydrogens (primary N) is 1. The van der Waals surface area contributed by atoms with Crippen molar-refractivity contribution < 1.29 is 13.0 Å². The van der Waals surface area contributed by atoms with Crippen LogP contribution in [0.15, 0.2) is 0 Å². The van der Waals surface area contributed by atoms with E-state index in [2.05, 4.69) is 5.32 Å².